The molecule has 0 aliphatic carbocycles. The number of hydrogen-bond donors (Lipinski definition) is 1. The molecule has 0 spiro atoms. The van der Waals surface area contributed by atoms with Crippen molar-refractivity contribution in [1.29, 1.82) is 0 Å². The van der Waals surface area contributed by atoms with Gasteiger partial charge in [0.2, 0.25) is 0 Å². The van der Waals surface area contributed by atoms with Gasteiger partial charge in [0, 0.05) is 0 Å². The van der Waals surface area contributed by atoms with Gasteiger partial charge in [-0.15, -0.1) is 0 Å². The van der Waals surface area contributed by atoms with Crippen LogP contribution in [-0.2, 0) is 4.52 Å². The molecule has 1 aliphatic rings. The summed E-state index contributed by atoms with van der Waals surface area (Å²) in [7, 11) is 1.90. The zero-order valence-corrected chi connectivity index (χ0v) is 9.01. The first-order chi connectivity index (χ1) is 5.53. The Kier molecular flexibility index (Phi) is 2.71. The van der Waals surface area contributed by atoms with Crippen LogP contribution < -0.4 is 0 Å². The van der Waals surface area contributed by atoms with Crippen LogP contribution in [0.3, 0.4) is 0 Å². The van der Waals surface area contributed by atoms with Crippen molar-refractivity contribution in [1.82, 2.24) is 4.67 Å². The minimum atomic E-state index is -2.07. The van der Waals surface area contributed by atoms with Crippen molar-refractivity contribution < 1.29 is 4.52 Å². The van der Waals surface area contributed by atoms with E-state index in [1.165, 1.54) is 0 Å². The molecule has 0 N–H and O–H groups in total. The summed E-state index contributed by atoms with van der Waals surface area (Å²) in [6, 6.07) is -0.121. The Hall–Kier alpha value is -0.180. The molecule has 0 amide bonds. The second kappa shape index (κ2) is 3.29. The Morgan fingerprint density at radius 2 is 2.08 bits per heavy atom. The van der Waals surface area contributed by atoms with E-state index < -0.39 is 6.84 Å². The summed E-state index contributed by atoms with van der Waals surface area (Å²) in [5, 5.41) is 0. The van der Waals surface area contributed by atoms with Crippen LogP contribution >= 0.6 is 19.1 Å². The molecule has 1 heterocycles. The van der Waals surface area contributed by atoms with Gasteiger partial charge in [0.15, 0.2) is 0 Å². The molecular formula is C8H12NOPS. The molecule has 4 heteroatoms. The first-order valence-corrected chi connectivity index (χ1v) is 7.22. The van der Waals surface area contributed by atoms with Crippen molar-refractivity contribution in [2.45, 2.75) is 12.1 Å². The fourth-order valence-electron chi connectivity index (χ4n) is 1.17. The molecule has 1 aliphatic heterocycles. The zero-order valence-electron chi connectivity index (χ0n) is 7.11. The van der Waals surface area contributed by atoms with Crippen molar-refractivity contribution in [3.63, 3.8) is 0 Å². The van der Waals surface area contributed by atoms with E-state index in [1.807, 2.05) is 18.4 Å². The molecule has 2 unspecified atom stereocenters. The molecule has 0 bridgehead atoms. The first kappa shape index (κ1) is 9.90. The van der Waals surface area contributed by atoms with E-state index in [0.717, 1.165) is 0 Å². The predicted molar refractivity (Wildman–Crippen MR) is 57.3 cm³/mol. The van der Waals surface area contributed by atoms with Crippen LogP contribution in [-0.4, -0.2) is 30.5 Å². The van der Waals surface area contributed by atoms with Gasteiger partial charge < -0.3 is 0 Å². The Morgan fingerprint density at radius 1 is 1.50 bits per heavy atom. The van der Waals surface area contributed by atoms with E-state index in [0.29, 0.717) is 0 Å². The Bertz CT molecular complexity index is 265. The topological polar surface area (TPSA) is 12.5 Å². The monoisotopic (exact) mass is 201 g/mol. The van der Waals surface area contributed by atoms with Gasteiger partial charge in [0.05, 0.1) is 0 Å². The van der Waals surface area contributed by atoms with Crippen LogP contribution in [0.5, 0.6) is 0 Å². The average Bonchev–Trinajstić information content (AvgIpc) is 2.24. The molecule has 0 radical (unpaired) electrons. The van der Waals surface area contributed by atoms with Crippen LogP contribution in [0, 0.1) is 24.7 Å². The first-order valence-electron chi connectivity index (χ1n) is 3.58. The van der Waals surface area contributed by atoms with Crippen molar-refractivity contribution in [2.24, 2.45) is 0 Å². The second-order valence-corrected chi connectivity index (χ2v) is 8.16. The fraction of sp³-hybridized carbons (Fsp3) is 0.500. The van der Waals surface area contributed by atoms with E-state index in [-0.39, 0.29) is 12.1 Å². The van der Waals surface area contributed by atoms with E-state index >= 15 is 0 Å². The summed E-state index contributed by atoms with van der Waals surface area (Å²) >= 11 is 4.42. The van der Waals surface area contributed by atoms with E-state index in [2.05, 4.69) is 24.1 Å². The van der Waals surface area contributed by atoms with Gasteiger partial charge in [-0.25, -0.2) is 0 Å². The number of thiol groups is 1. The number of rotatable bonds is 0. The number of likely N-dealkylation sites (N-methyl/N-ethyl adjacent to an activating group) is 1. The van der Waals surface area contributed by atoms with Crippen LogP contribution in [0.4, 0.5) is 0 Å². The normalized spacial score (nSPS) is 36.8. The van der Waals surface area contributed by atoms with E-state index in [1.54, 1.807) is 0 Å². The van der Waals surface area contributed by atoms with Gasteiger partial charge in [0.25, 0.3) is 0 Å². The third-order valence-corrected chi connectivity index (χ3v) is 5.59. The van der Waals surface area contributed by atoms with Crippen LogP contribution in [0.15, 0.2) is 0 Å². The van der Waals surface area contributed by atoms with E-state index in [9.17, 15) is 0 Å². The summed E-state index contributed by atoms with van der Waals surface area (Å²) in [5.74, 6) is 5.14. The molecule has 2 nitrogen and oxygen atoms in total. The summed E-state index contributed by atoms with van der Waals surface area (Å²) in [6.07, 6.45) is 10.3. The second-order valence-electron chi connectivity index (χ2n) is 2.86. The molecule has 1 fully saturated rings. The van der Waals surface area contributed by atoms with Gasteiger partial charge in [-0.05, 0) is 0 Å². The Labute approximate surface area is 79.3 Å². The molecule has 0 aromatic rings. The van der Waals surface area contributed by atoms with Crippen LogP contribution in [0.1, 0.15) is 0 Å². The predicted octanol–water partition coefficient (Wildman–Crippen LogP) is 1.01. The van der Waals surface area contributed by atoms with Gasteiger partial charge in [0.1, 0.15) is 0 Å². The third-order valence-electron chi connectivity index (χ3n) is 2.04. The van der Waals surface area contributed by atoms with Crippen molar-refractivity contribution in [2.75, 3.05) is 13.7 Å². The molecule has 0 aromatic heterocycles. The van der Waals surface area contributed by atoms with Gasteiger partial charge in [-0.1, -0.05) is 0 Å². The molecule has 1 rings (SSSR count). The average molecular weight is 201 g/mol. The van der Waals surface area contributed by atoms with Crippen molar-refractivity contribution >= 4 is 19.1 Å². The quantitative estimate of drug-likeness (QED) is 0.357. The van der Waals surface area contributed by atoms with E-state index in [4.69, 9.17) is 17.4 Å². The number of nitrogens with zero attached hydrogens (tertiary/aromatic N) is 1. The van der Waals surface area contributed by atoms with Gasteiger partial charge >= 0.3 is 78.8 Å². The zero-order chi connectivity index (χ0) is 9.35. The molecule has 1 saturated heterocycles. The summed E-state index contributed by atoms with van der Waals surface area (Å²) in [4.78, 5) is 0. The summed E-state index contributed by atoms with van der Waals surface area (Å²) in [6.45, 7) is -0.113. The molecular weight excluding hydrogens is 189 g/mol. The summed E-state index contributed by atoms with van der Waals surface area (Å²) in [5.41, 5.74) is 0. The molecule has 0 aromatic carbocycles. The van der Waals surface area contributed by atoms with Gasteiger partial charge in [-0.3, -0.25) is 0 Å². The standard InChI is InChI=1S/C8H12NOPS/c1-5-7-8(6-2)10-11(4,12)9(7)3/h1-2,7-8,11-12H,3-4H3. The number of terminal acetylenes is 2. The molecule has 2 atom stereocenters. The minimum absolute atomic E-state index is 0.121. The van der Waals surface area contributed by atoms with Crippen molar-refractivity contribution in [3.05, 3.63) is 0 Å². The molecule has 66 valence electrons. The SMILES string of the molecule is C#CC1O[PH](C)(S)N(C)C1C#C. The maximum atomic E-state index is 5.56. The van der Waals surface area contributed by atoms with Gasteiger partial charge in [-0.2, -0.15) is 0 Å². The summed E-state index contributed by atoms with van der Waals surface area (Å²) < 4.78 is 7.54. The Morgan fingerprint density at radius 3 is 2.42 bits per heavy atom. The fourth-order valence-corrected chi connectivity index (χ4v) is 3.46. The Balaban J connectivity index is 2.90. The molecule has 12 heavy (non-hydrogen) atoms. The van der Waals surface area contributed by atoms with Crippen LogP contribution in [0.2, 0.25) is 0 Å². The number of hydrogen-bond acceptors (Lipinski definition) is 3. The van der Waals surface area contributed by atoms with Crippen LogP contribution in [0.25, 0.3) is 0 Å². The van der Waals surface area contributed by atoms with Crippen molar-refractivity contribution in [3.8, 4) is 24.7 Å². The third kappa shape index (κ3) is 1.47. The molecule has 0 saturated carbocycles. The maximum absolute atomic E-state index is 5.56.